The van der Waals surface area contributed by atoms with Crippen LogP contribution in [0.3, 0.4) is 0 Å². The van der Waals surface area contributed by atoms with Gasteiger partial charge in [0.1, 0.15) is 0 Å². The smallest absolute Gasteiger partial charge is 0.0362 e. The van der Waals surface area contributed by atoms with Gasteiger partial charge in [-0.3, -0.25) is 4.21 Å². The Bertz CT molecular complexity index is 471. The molecule has 1 aromatic rings. The molecule has 2 nitrogen and oxygen atoms in total. The summed E-state index contributed by atoms with van der Waals surface area (Å²) in [6.45, 7) is 2.05. The lowest BCUT2D eigenvalue weighted by Gasteiger charge is -2.34. The second-order valence-corrected chi connectivity index (χ2v) is 9.07. The fourth-order valence-electron chi connectivity index (χ4n) is 3.71. The van der Waals surface area contributed by atoms with Crippen LogP contribution in [0, 0.1) is 0 Å². The van der Waals surface area contributed by atoms with Gasteiger partial charge in [-0.2, -0.15) is 0 Å². The predicted octanol–water partition coefficient (Wildman–Crippen LogP) is 3.79. The maximum Gasteiger partial charge on any atom is 0.0362 e. The van der Waals surface area contributed by atoms with Crippen molar-refractivity contribution >= 4 is 22.1 Å². The van der Waals surface area contributed by atoms with E-state index < -0.39 is 10.8 Å². The van der Waals surface area contributed by atoms with Crippen molar-refractivity contribution in [2.24, 2.45) is 0 Å². The molecule has 1 fully saturated rings. The summed E-state index contributed by atoms with van der Waals surface area (Å²) < 4.78 is 12.0. The van der Waals surface area contributed by atoms with Gasteiger partial charge in [-0.05, 0) is 55.5 Å². The number of thiophene rings is 1. The molecule has 0 bridgehead atoms. The number of nitrogens with one attached hydrogen (secondary N) is 1. The van der Waals surface area contributed by atoms with Crippen molar-refractivity contribution < 1.29 is 4.21 Å². The molecule has 0 radical (unpaired) electrons. The molecule has 0 aromatic carbocycles. The average molecular weight is 312 g/mol. The molecule has 20 heavy (non-hydrogen) atoms. The predicted molar refractivity (Wildman–Crippen MR) is 87.9 cm³/mol. The Balaban J connectivity index is 1.63. The standard InChI is InChI=1S/C16H25NOS2/c1-2-20(18)13-6-3-5-12(11-13)17-15-7-4-8-16-14(15)9-10-19-16/h9-10,12-13,15,17H,2-8,11H2,1H3/t12-,13+,15+,20+/m0/s1. The second kappa shape index (κ2) is 6.71. The van der Waals surface area contributed by atoms with Gasteiger partial charge in [0, 0.05) is 38.8 Å². The van der Waals surface area contributed by atoms with E-state index >= 15 is 0 Å². The molecule has 112 valence electrons. The minimum Gasteiger partial charge on any atom is -0.307 e. The van der Waals surface area contributed by atoms with E-state index in [1.165, 1.54) is 32.1 Å². The Kier molecular flexibility index (Phi) is 4.95. The van der Waals surface area contributed by atoms with Crippen molar-refractivity contribution in [2.45, 2.75) is 69.2 Å². The van der Waals surface area contributed by atoms with Gasteiger partial charge in [0.2, 0.25) is 0 Å². The van der Waals surface area contributed by atoms with E-state index in [1.807, 2.05) is 18.3 Å². The molecular weight excluding hydrogens is 286 g/mol. The number of hydrogen-bond acceptors (Lipinski definition) is 3. The maximum atomic E-state index is 12.0. The molecule has 2 aliphatic carbocycles. The lowest BCUT2D eigenvalue weighted by Crippen LogP contribution is -2.40. The van der Waals surface area contributed by atoms with Crippen LogP contribution in [0.15, 0.2) is 11.4 Å². The quantitative estimate of drug-likeness (QED) is 0.916. The molecule has 1 aromatic heterocycles. The average Bonchev–Trinajstić information content (AvgIpc) is 2.96. The van der Waals surface area contributed by atoms with Gasteiger partial charge in [-0.15, -0.1) is 11.3 Å². The highest BCUT2D eigenvalue weighted by molar-refractivity contribution is 7.85. The maximum absolute atomic E-state index is 12.0. The van der Waals surface area contributed by atoms with E-state index in [0.29, 0.717) is 17.3 Å². The number of fused-ring (bicyclic) bond motifs is 1. The molecule has 0 spiro atoms. The zero-order valence-corrected chi connectivity index (χ0v) is 13.9. The van der Waals surface area contributed by atoms with Gasteiger partial charge in [0.05, 0.1) is 0 Å². The van der Waals surface area contributed by atoms with E-state index in [1.54, 1.807) is 10.4 Å². The Morgan fingerprint density at radius 1 is 1.35 bits per heavy atom. The van der Waals surface area contributed by atoms with Crippen molar-refractivity contribution in [3.05, 3.63) is 21.9 Å². The summed E-state index contributed by atoms with van der Waals surface area (Å²) in [4.78, 5) is 1.58. The minimum atomic E-state index is -0.616. The van der Waals surface area contributed by atoms with E-state index in [4.69, 9.17) is 0 Å². The molecule has 0 saturated heterocycles. The van der Waals surface area contributed by atoms with Crippen LogP contribution in [0.4, 0.5) is 0 Å². The molecule has 2 aliphatic rings. The summed E-state index contributed by atoms with van der Waals surface area (Å²) in [6, 6.07) is 3.42. The molecule has 4 heteroatoms. The largest absolute Gasteiger partial charge is 0.307 e. The van der Waals surface area contributed by atoms with Crippen LogP contribution in [0.25, 0.3) is 0 Å². The molecule has 3 rings (SSSR count). The van der Waals surface area contributed by atoms with Crippen LogP contribution in [0.5, 0.6) is 0 Å². The van der Waals surface area contributed by atoms with Crippen LogP contribution in [-0.2, 0) is 17.2 Å². The summed E-state index contributed by atoms with van der Waals surface area (Å²) >= 11 is 1.91. The monoisotopic (exact) mass is 311 g/mol. The number of aryl methyl sites for hydroxylation is 1. The van der Waals surface area contributed by atoms with Gasteiger partial charge in [0.25, 0.3) is 0 Å². The van der Waals surface area contributed by atoms with Gasteiger partial charge in [-0.1, -0.05) is 13.3 Å². The van der Waals surface area contributed by atoms with E-state index in [-0.39, 0.29) is 0 Å². The second-order valence-electron chi connectivity index (χ2n) is 6.07. The van der Waals surface area contributed by atoms with E-state index in [9.17, 15) is 4.21 Å². The summed E-state index contributed by atoms with van der Waals surface area (Å²) in [7, 11) is -0.616. The lowest BCUT2D eigenvalue weighted by molar-refractivity contribution is 0.324. The first-order valence-electron chi connectivity index (χ1n) is 7.97. The zero-order chi connectivity index (χ0) is 13.9. The van der Waals surface area contributed by atoms with Crippen LogP contribution >= 0.6 is 11.3 Å². The fourth-order valence-corrected chi connectivity index (χ4v) is 6.05. The summed E-state index contributed by atoms with van der Waals surface area (Å²) in [5, 5.41) is 6.55. The minimum absolute atomic E-state index is 0.428. The molecule has 1 N–H and O–H groups in total. The summed E-state index contributed by atoms with van der Waals surface area (Å²) in [6.07, 6.45) is 8.59. The van der Waals surface area contributed by atoms with Gasteiger partial charge >= 0.3 is 0 Å². The molecule has 1 heterocycles. The van der Waals surface area contributed by atoms with Gasteiger partial charge < -0.3 is 5.32 Å². The van der Waals surface area contributed by atoms with E-state index in [2.05, 4.69) is 16.8 Å². The van der Waals surface area contributed by atoms with Crippen molar-refractivity contribution in [3.8, 4) is 0 Å². The molecule has 0 unspecified atom stereocenters. The third-order valence-electron chi connectivity index (χ3n) is 4.77. The molecule has 0 amide bonds. The van der Waals surface area contributed by atoms with Crippen molar-refractivity contribution in [1.29, 1.82) is 0 Å². The lowest BCUT2D eigenvalue weighted by atomic mass is 9.90. The highest BCUT2D eigenvalue weighted by Crippen LogP contribution is 2.35. The van der Waals surface area contributed by atoms with Crippen LogP contribution in [0.2, 0.25) is 0 Å². The summed E-state index contributed by atoms with van der Waals surface area (Å²) in [5.74, 6) is 0.815. The van der Waals surface area contributed by atoms with E-state index in [0.717, 1.165) is 18.6 Å². The van der Waals surface area contributed by atoms with Crippen LogP contribution in [0.1, 0.15) is 61.9 Å². The fraction of sp³-hybridized carbons (Fsp3) is 0.750. The topological polar surface area (TPSA) is 29.1 Å². The summed E-state index contributed by atoms with van der Waals surface area (Å²) in [5.41, 5.74) is 1.54. The van der Waals surface area contributed by atoms with Crippen molar-refractivity contribution in [3.63, 3.8) is 0 Å². The Morgan fingerprint density at radius 2 is 2.25 bits per heavy atom. The molecular formula is C16H25NOS2. The Labute approximate surface area is 128 Å². The first-order chi connectivity index (χ1) is 9.78. The number of hydrogen-bond donors (Lipinski definition) is 1. The van der Waals surface area contributed by atoms with Crippen LogP contribution < -0.4 is 5.32 Å². The third-order valence-corrected chi connectivity index (χ3v) is 7.51. The Morgan fingerprint density at radius 3 is 3.10 bits per heavy atom. The SMILES string of the molecule is CC[S@@](=O)[C@@H]1CCC[C@H](N[C@@H]2CCCc3sccc32)C1. The first-order valence-corrected chi connectivity index (χ1v) is 10.2. The molecule has 1 saturated carbocycles. The van der Waals surface area contributed by atoms with Crippen molar-refractivity contribution in [2.75, 3.05) is 5.75 Å². The highest BCUT2D eigenvalue weighted by atomic mass is 32.2. The van der Waals surface area contributed by atoms with Gasteiger partial charge in [0.15, 0.2) is 0 Å². The third kappa shape index (κ3) is 3.18. The first kappa shape index (κ1) is 14.7. The Hall–Kier alpha value is -0.190. The normalized spacial score (nSPS) is 31.8. The van der Waals surface area contributed by atoms with Gasteiger partial charge in [-0.25, -0.2) is 0 Å². The molecule has 4 atom stereocenters. The highest BCUT2D eigenvalue weighted by Gasteiger charge is 2.29. The van der Waals surface area contributed by atoms with Crippen molar-refractivity contribution in [1.82, 2.24) is 5.32 Å². The van der Waals surface area contributed by atoms with Crippen LogP contribution in [-0.4, -0.2) is 21.3 Å². The number of rotatable bonds is 4. The molecule has 0 aliphatic heterocycles. The zero-order valence-electron chi connectivity index (χ0n) is 12.3.